The van der Waals surface area contributed by atoms with Crippen molar-refractivity contribution in [2.24, 2.45) is 0 Å². The summed E-state index contributed by atoms with van der Waals surface area (Å²) < 4.78 is 5.18. The Labute approximate surface area is 143 Å². The lowest BCUT2D eigenvalue weighted by atomic mass is 10.1. The lowest BCUT2D eigenvalue weighted by Crippen LogP contribution is -2.02. The van der Waals surface area contributed by atoms with Crippen molar-refractivity contribution in [1.82, 2.24) is 0 Å². The van der Waals surface area contributed by atoms with E-state index in [-0.39, 0.29) is 0 Å². The molecule has 23 heavy (non-hydrogen) atoms. The molecular weight excluding hydrogens is 288 g/mol. The fourth-order valence-electron chi connectivity index (χ4n) is 2.42. The average molecular weight is 327 g/mol. The first-order valence-corrected chi connectivity index (χ1v) is 9.55. The van der Waals surface area contributed by atoms with Gasteiger partial charge in [0, 0.05) is 0 Å². The van der Waals surface area contributed by atoms with E-state index in [1.807, 2.05) is 0 Å². The summed E-state index contributed by atoms with van der Waals surface area (Å²) in [4.78, 5) is 0. The van der Waals surface area contributed by atoms with E-state index in [1.165, 1.54) is 63.9 Å². The summed E-state index contributed by atoms with van der Waals surface area (Å²) in [5.41, 5.74) is 0. The molecule has 0 aromatic rings. The summed E-state index contributed by atoms with van der Waals surface area (Å²) >= 11 is 0. The molecule has 0 rings (SSSR count). The van der Waals surface area contributed by atoms with Crippen molar-refractivity contribution < 1.29 is 14.9 Å². The Bertz CT molecular complexity index is 259. The zero-order valence-corrected chi connectivity index (χ0v) is 15.3. The number of aliphatic hydroxyl groups excluding tert-OH is 2. The molecule has 0 saturated carbocycles. The number of aliphatic hydroxyl groups is 2. The first-order chi connectivity index (χ1) is 11.2. The Morgan fingerprint density at radius 1 is 0.652 bits per heavy atom. The lowest BCUT2D eigenvalue weighted by Gasteiger charge is -2.05. The molecule has 0 heterocycles. The van der Waals surface area contributed by atoms with Crippen LogP contribution >= 0.6 is 0 Å². The molecule has 0 bridgehead atoms. The molecule has 0 aromatic heterocycles. The van der Waals surface area contributed by atoms with Crippen LogP contribution in [0.4, 0.5) is 0 Å². The van der Waals surface area contributed by atoms with Crippen LogP contribution in [0.3, 0.4) is 0 Å². The minimum absolute atomic E-state index is 0.437. The van der Waals surface area contributed by atoms with E-state index in [1.54, 1.807) is 12.2 Å². The van der Waals surface area contributed by atoms with Gasteiger partial charge in [0.2, 0.25) is 0 Å². The van der Waals surface area contributed by atoms with Crippen LogP contribution in [-0.2, 0) is 4.74 Å². The van der Waals surface area contributed by atoms with Gasteiger partial charge in [0.05, 0.1) is 24.7 Å². The van der Waals surface area contributed by atoms with Crippen LogP contribution in [-0.4, -0.2) is 22.4 Å². The van der Waals surface area contributed by atoms with Crippen LogP contribution in [0.15, 0.2) is 24.7 Å². The van der Waals surface area contributed by atoms with Crippen LogP contribution in [0.5, 0.6) is 0 Å². The molecule has 136 valence electrons. The number of hydrogen-bond acceptors (Lipinski definition) is 3. The highest BCUT2D eigenvalue weighted by molar-refractivity contribution is 4.88. The van der Waals surface area contributed by atoms with E-state index < -0.39 is 12.2 Å². The van der Waals surface area contributed by atoms with Crippen molar-refractivity contribution in [3.05, 3.63) is 24.7 Å². The van der Waals surface area contributed by atoms with Gasteiger partial charge in [-0.1, -0.05) is 78.1 Å². The minimum atomic E-state index is -0.437. The van der Waals surface area contributed by atoms with Crippen LogP contribution in [0.25, 0.3) is 0 Å². The highest BCUT2D eigenvalue weighted by Gasteiger charge is 2.00. The Hall–Kier alpha value is -0.800. The molecule has 2 N–H and O–H groups in total. The van der Waals surface area contributed by atoms with Gasteiger partial charge in [-0.3, -0.25) is 0 Å². The molecule has 0 aliphatic carbocycles. The van der Waals surface area contributed by atoms with Crippen molar-refractivity contribution in [2.45, 2.75) is 103 Å². The third-order valence-electron chi connectivity index (χ3n) is 3.97. The number of unbranched alkanes of at least 4 members (excludes halogenated alkanes) is 8. The highest BCUT2D eigenvalue weighted by atomic mass is 16.5. The van der Waals surface area contributed by atoms with Crippen molar-refractivity contribution >= 4 is 0 Å². The number of hydrogen-bond donors (Lipinski definition) is 2. The number of rotatable bonds is 16. The normalized spacial score (nSPS) is 14.6. The van der Waals surface area contributed by atoms with Gasteiger partial charge in [0.15, 0.2) is 0 Å². The second kappa shape index (κ2) is 17.6. The fourth-order valence-corrected chi connectivity index (χ4v) is 2.42. The second-order valence-electron chi connectivity index (χ2n) is 6.33. The van der Waals surface area contributed by atoms with Gasteiger partial charge in [0.25, 0.3) is 0 Å². The van der Waals surface area contributed by atoms with Gasteiger partial charge >= 0.3 is 0 Å². The maximum atomic E-state index is 9.76. The molecule has 0 spiro atoms. The smallest absolute Gasteiger partial charge is 0.0887 e. The first kappa shape index (κ1) is 22.2. The van der Waals surface area contributed by atoms with Crippen LogP contribution < -0.4 is 0 Å². The van der Waals surface area contributed by atoms with Gasteiger partial charge in [-0.2, -0.15) is 0 Å². The Kier molecular flexibility index (Phi) is 16.9. The molecule has 0 aliphatic rings. The van der Waals surface area contributed by atoms with E-state index in [0.717, 1.165) is 25.7 Å². The zero-order valence-electron chi connectivity index (χ0n) is 15.3. The minimum Gasteiger partial charge on any atom is -0.473 e. The monoisotopic (exact) mass is 326 g/mol. The fraction of sp³-hybridized carbons (Fsp3) is 0.800. The van der Waals surface area contributed by atoms with Gasteiger partial charge in [-0.25, -0.2) is 0 Å². The topological polar surface area (TPSA) is 49.7 Å². The maximum absolute atomic E-state index is 9.76. The van der Waals surface area contributed by atoms with E-state index in [9.17, 15) is 10.2 Å². The molecule has 0 saturated heterocycles. The third kappa shape index (κ3) is 17.4. The van der Waals surface area contributed by atoms with Crippen LogP contribution in [0, 0.1) is 0 Å². The maximum Gasteiger partial charge on any atom is 0.0887 e. The average Bonchev–Trinajstić information content (AvgIpc) is 2.54. The van der Waals surface area contributed by atoms with Crippen LogP contribution in [0.2, 0.25) is 0 Å². The lowest BCUT2D eigenvalue weighted by molar-refractivity contribution is 0.200. The molecule has 0 amide bonds. The van der Waals surface area contributed by atoms with Gasteiger partial charge in [-0.15, -0.1) is 0 Å². The summed E-state index contributed by atoms with van der Waals surface area (Å²) in [6, 6.07) is 0. The van der Waals surface area contributed by atoms with Gasteiger partial charge in [-0.05, 0) is 25.0 Å². The predicted octanol–water partition coefficient (Wildman–Crippen LogP) is 5.47. The molecular formula is C20H38O3. The Morgan fingerprint density at radius 3 is 1.43 bits per heavy atom. The number of ether oxygens (including phenoxy) is 1. The molecule has 0 aromatic carbocycles. The van der Waals surface area contributed by atoms with E-state index in [0.29, 0.717) is 0 Å². The summed E-state index contributed by atoms with van der Waals surface area (Å²) in [5, 5.41) is 19.5. The third-order valence-corrected chi connectivity index (χ3v) is 3.97. The largest absolute Gasteiger partial charge is 0.473 e. The van der Waals surface area contributed by atoms with Gasteiger partial charge in [0.1, 0.15) is 0 Å². The standard InChI is InChI=1S/C20H38O3/c1-3-5-7-9-11-13-19(21)15-17-23-18-16-20(22)14-12-10-8-6-4-2/h15-22H,3-14H2,1-2H3. The zero-order chi connectivity index (χ0) is 17.2. The molecule has 0 fully saturated rings. The molecule has 3 nitrogen and oxygen atoms in total. The first-order valence-electron chi connectivity index (χ1n) is 9.55. The molecule has 2 unspecified atom stereocenters. The quantitative estimate of drug-likeness (QED) is 0.292. The second-order valence-corrected chi connectivity index (χ2v) is 6.33. The Morgan fingerprint density at radius 2 is 1.04 bits per heavy atom. The molecule has 3 heteroatoms. The molecule has 0 radical (unpaired) electrons. The molecule has 0 aliphatic heterocycles. The molecule has 2 atom stereocenters. The van der Waals surface area contributed by atoms with E-state index in [2.05, 4.69) is 13.8 Å². The summed E-state index contributed by atoms with van der Waals surface area (Å²) in [6.07, 6.45) is 19.1. The van der Waals surface area contributed by atoms with Crippen LogP contribution in [0.1, 0.15) is 90.9 Å². The van der Waals surface area contributed by atoms with Crippen molar-refractivity contribution in [3.8, 4) is 0 Å². The van der Waals surface area contributed by atoms with Gasteiger partial charge < -0.3 is 14.9 Å². The van der Waals surface area contributed by atoms with Crippen molar-refractivity contribution in [3.63, 3.8) is 0 Å². The summed E-state index contributed by atoms with van der Waals surface area (Å²) in [6.45, 7) is 4.40. The Balaban J connectivity index is 3.54. The van der Waals surface area contributed by atoms with E-state index >= 15 is 0 Å². The van der Waals surface area contributed by atoms with E-state index in [4.69, 9.17) is 4.74 Å². The highest BCUT2D eigenvalue weighted by Crippen LogP contribution is 2.09. The predicted molar refractivity (Wildman–Crippen MR) is 98.1 cm³/mol. The van der Waals surface area contributed by atoms with Crippen molar-refractivity contribution in [1.29, 1.82) is 0 Å². The summed E-state index contributed by atoms with van der Waals surface area (Å²) in [5.74, 6) is 0. The summed E-state index contributed by atoms with van der Waals surface area (Å²) in [7, 11) is 0. The van der Waals surface area contributed by atoms with Crippen molar-refractivity contribution in [2.75, 3.05) is 0 Å². The SMILES string of the molecule is CCCCCCCC(O)C=COC=CC(O)CCCCCCC.